The number of carbonyl (C=O) groups is 1. The summed E-state index contributed by atoms with van der Waals surface area (Å²) in [5, 5.41) is 13.0. The maximum absolute atomic E-state index is 13.4. The molecule has 0 aliphatic heterocycles. The zero-order chi connectivity index (χ0) is 12.6. The molecule has 3 N–H and O–H groups in total. The molecule has 0 bridgehead atoms. The van der Waals surface area contributed by atoms with Crippen LogP contribution in [0.1, 0.15) is 10.5 Å². The molecule has 2 aromatic rings. The van der Waals surface area contributed by atoms with E-state index in [1.807, 2.05) is 5.10 Å². The Kier molecular flexibility index (Phi) is 2.51. The van der Waals surface area contributed by atoms with E-state index in [-0.39, 0.29) is 11.1 Å². The van der Waals surface area contributed by atoms with E-state index in [0.29, 0.717) is 6.07 Å². The van der Waals surface area contributed by atoms with Gasteiger partial charge in [0.15, 0.2) is 5.69 Å². The number of aromatic amines is 2. The molecule has 5 nitrogen and oxygen atoms in total. The molecule has 0 radical (unpaired) electrons. The van der Waals surface area contributed by atoms with Gasteiger partial charge < -0.3 is 5.11 Å². The second kappa shape index (κ2) is 3.85. The summed E-state index contributed by atoms with van der Waals surface area (Å²) >= 11 is 0. The Balaban J connectivity index is 2.72. The monoisotopic (exact) mass is 240 g/mol. The molecule has 7 heteroatoms. The van der Waals surface area contributed by atoms with Gasteiger partial charge in [-0.2, -0.15) is 0 Å². The topological polar surface area (TPSA) is 85.9 Å². The first-order valence-corrected chi connectivity index (χ1v) is 4.50. The quantitative estimate of drug-likeness (QED) is 0.740. The Morgan fingerprint density at radius 3 is 2.53 bits per heavy atom. The summed E-state index contributed by atoms with van der Waals surface area (Å²) in [4.78, 5) is 22.2. The summed E-state index contributed by atoms with van der Waals surface area (Å²) in [7, 11) is 0. The van der Waals surface area contributed by atoms with Gasteiger partial charge in [-0.25, -0.2) is 13.6 Å². The van der Waals surface area contributed by atoms with Gasteiger partial charge in [-0.1, -0.05) is 0 Å². The van der Waals surface area contributed by atoms with Crippen LogP contribution in [0.15, 0.2) is 23.0 Å². The van der Waals surface area contributed by atoms with Crippen LogP contribution < -0.4 is 5.56 Å². The second-order valence-corrected chi connectivity index (χ2v) is 3.26. The SMILES string of the molecule is O=C(O)c1[nH][nH]c(=O)c1-c1ccc(F)cc1F. The van der Waals surface area contributed by atoms with Gasteiger partial charge in [-0.05, 0) is 12.1 Å². The van der Waals surface area contributed by atoms with Crippen molar-refractivity contribution < 1.29 is 18.7 Å². The first-order chi connectivity index (χ1) is 8.00. The number of carboxylic acid groups (broad SMARTS) is 1. The van der Waals surface area contributed by atoms with Crippen molar-refractivity contribution in [3.05, 3.63) is 45.9 Å². The van der Waals surface area contributed by atoms with Crippen molar-refractivity contribution in [3.63, 3.8) is 0 Å². The zero-order valence-corrected chi connectivity index (χ0v) is 8.25. The van der Waals surface area contributed by atoms with E-state index >= 15 is 0 Å². The van der Waals surface area contributed by atoms with Gasteiger partial charge in [0, 0.05) is 11.6 Å². The molecule has 0 aliphatic rings. The summed E-state index contributed by atoms with van der Waals surface area (Å²) in [5.41, 5.74) is -1.89. The number of aromatic nitrogens is 2. The fourth-order valence-electron chi connectivity index (χ4n) is 1.47. The third-order valence-electron chi connectivity index (χ3n) is 2.19. The van der Waals surface area contributed by atoms with Crippen molar-refractivity contribution in [1.82, 2.24) is 10.2 Å². The van der Waals surface area contributed by atoms with E-state index < -0.39 is 28.9 Å². The number of nitrogens with one attached hydrogen (secondary N) is 2. The minimum Gasteiger partial charge on any atom is -0.477 e. The smallest absolute Gasteiger partial charge is 0.354 e. The highest BCUT2D eigenvalue weighted by atomic mass is 19.1. The van der Waals surface area contributed by atoms with Gasteiger partial charge >= 0.3 is 5.97 Å². The van der Waals surface area contributed by atoms with E-state index in [9.17, 15) is 18.4 Å². The van der Waals surface area contributed by atoms with Gasteiger partial charge in [0.05, 0.1) is 5.56 Å². The first kappa shape index (κ1) is 11.1. The highest BCUT2D eigenvalue weighted by Crippen LogP contribution is 2.22. The van der Waals surface area contributed by atoms with Crippen LogP contribution in [0.2, 0.25) is 0 Å². The van der Waals surface area contributed by atoms with Gasteiger partial charge in [0.2, 0.25) is 0 Å². The molecule has 1 heterocycles. The number of hydrogen-bond acceptors (Lipinski definition) is 2. The third-order valence-corrected chi connectivity index (χ3v) is 2.19. The Labute approximate surface area is 92.7 Å². The molecule has 1 aromatic heterocycles. The molecular weight excluding hydrogens is 234 g/mol. The number of H-pyrrole nitrogens is 2. The fourth-order valence-corrected chi connectivity index (χ4v) is 1.47. The molecular formula is C10H6F2N2O3. The number of benzene rings is 1. The van der Waals surface area contributed by atoms with Gasteiger partial charge in [0.1, 0.15) is 11.6 Å². The minimum atomic E-state index is -1.41. The second-order valence-electron chi connectivity index (χ2n) is 3.26. The lowest BCUT2D eigenvalue weighted by Crippen LogP contribution is -2.06. The summed E-state index contributed by atoms with van der Waals surface area (Å²) < 4.78 is 26.1. The molecule has 0 unspecified atom stereocenters. The van der Waals surface area contributed by atoms with E-state index in [2.05, 4.69) is 5.10 Å². The van der Waals surface area contributed by atoms with Crippen molar-refractivity contribution in [2.45, 2.75) is 0 Å². The van der Waals surface area contributed by atoms with E-state index in [1.165, 1.54) is 0 Å². The Bertz CT molecular complexity index is 645. The summed E-state index contributed by atoms with van der Waals surface area (Å²) in [5.74, 6) is -3.23. The van der Waals surface area contributed by atoms with Crippen LogP contribution in [0.25, 0.3) is 11.1 Å². The van der Waals surface area contributed by atoms with Crippen molar-refractivity contribution in [1.29, 1.82) is 0 Å². The highest BCUT2D eigenvalue weighted by Gasteiger charge is 2.20. The maximum atomic E-state index is 13.4. The lowest BCUT2D eigenvalue weighted by Gasteiger charge is -2.00. The van der Waals surface area contributed by atoms with Crippen LogP contribution >= 0.6 is 0 Å². The van der Waals surface area contributed by atoms with Crippen LogP contribution in [0.5, 0.6) is 0 Å². The van der Waals surface area contributed by atoms with E-state index in [0.717, 1.165) is 12.1 Å². The lowest BCUT2D eigenvalue weighted by molar-refractivity contribution is 0.0691. The van der Waals surface area contributed by atoms with Crippen molar-refractivity contribution in [3.8, 4) is 11.1 Å². The van der Waals surface area contributed by atoms with Gasteiger partial charge in [0.25, 0.3) is 5.56 Å². The molecule has 0 atom stereocenters. The van der Waals surface area contributed by atoms with Crippen LogP contribution in [0.4, 0.5) is 8.78 Å². The normalized spacial score (nSPS) is 10.5. The molecule has 0 spiro atoms. The Morgan fingerprint density at radius 1 is 1.24 bits per heavy atom. The standard InChI is InChI=1S/C10H6F2N2O3/c11-4-1-2-5(6(12)3-4)7-8(10(16)17)13-14-9(7)15/h1-3H,(H,16,17)(H2,13,14,15). The largest absolute Gasteiger partial charge is 0.477 e. The average Bonchev–Trinajstić information content (AvgIpc) is 2.60. The van der Waals surface area contributed by atoms with Crippen LogP contribution in [-0.2, 0) is 0 Å². The molecule has 0 saturated heterocycles. The minimum absolute atomic E-state index is 0.272. The Morgan fingerprint density at radius 2 is 1.94 bits per heavy atom. The molecule has 2 rings (SSSR count). The van der Waals surface area contributed by atoms with Gasteiger partial charge in [-0.15, -0.1) is 0 Å². The van der Waals surface area contributed by atoms with E-state index in [4.69, 9.17) is 5.11 Å². The number of rotatable bonds is 2. The van der Waals surface area contributed by atoms with E-state index in [1.54, 1.807) is 0 Å². The highest BCUT2D eigenvalue weighted by molar-refractivity contribution is 5.93. The number of carboxylic acids is 1. The Hall–Kier alpha value is -2.44. The number of halogens is 2. The maximum Gasteiger partial charge on any atom is 0.354 e. The predicted molar refractivity (Wildman–Crippen MR) is 53.7 cm³/mol. The average molecular weight is 240 g/mol. The molecule has 17 heavy (non-hydrogen) atoms. The van der Waals surface area contributed by atoms with Crippen LogP contribution in [-0.4, -0.2) is 21.3 Å². The molecule has 1 aromatic carbocycles. The summed E-state index contributed by atoms with van der Waals surface area (Å²) in [6, 6.07) is 2.53. The van der Waals surface area contributed by atoms with Crippen LogP contribution in [0.3, 0.4) is 0 Å². The molecule has 0 saturated carbocycles. The number of aromatic carboxylic acids is 1. The van der Waals surface area contributed by atoms with Crippen molar-refractivity contribution in [2.24, 2.45) is 0 Å². The fraction of sp³-hybridized carbons (Fsp3) is 0. The summed E-state index contributed by atoms with van der Waals surface area (Å²) in [6.07, 6.45) is 0. The van der Waals surface area contributed by atoms with Crippen LogP contribution in [0, 0.1) is 11.6 Å². The first-order valence-electron chi connectivity index (χ1n) is 4.50. The van der Waals surface area contributed by atoms with Gasteiger partial charge in [-0.3, -0.25) is 15.0 Å². The molecule has 0 amide bonds. The number of hydrogen-bond donors (Lipinski definition) is 3. The molecule has 0 fully saturated rings. The zero-order valence-electron chi connectivity index (χ0n) is 8.25. The lowest BCUT2D eigenvalue weighted by atomic mass is 10.1. The molecule has 0 aliphatic carbocycles. The predicted octanol–water partition coefficient (Wildman–Crippen LogP) is 1.35. The summed E-state index contributed by atoms with van der Waals surface area (Å²) in [6.45, 7) is 0. The van der Waals surface area contributed by atoms with Crippen molar-refractivity contribution in [2.75, 3.05) is 0 Å². The molecule has 88 valence electrons. The third kappa shape index (κ3) is 1.82. The van der Waals surface area contributed by atoms with Crippen molar-refractivity contribution >= 4 is 5.97 Å².